The van der Waals surface area contributed by atoms with Gasteiger partial charge in [0.1, 0.15) is 6.33 Å². The van der Waals surface area contributed by atoms with Crippen LogP contribution in [0.5, 0.6) is 5.88 Å². The first-order valence-electron chi connectivity index (χ1n) is 8.80. The number of amides is 3. The van der Waals surface area contributed by atoms with Gasteiger partial charge in [-0.25, -0.2) is 14.8 Å². The van der Waals surface area contributed by atoms with Gasteiger partial charge in [0.25, 0.3) is 5.91 Å². The van der Waals surface area contributed by atoms with E-state index in [1.807, 2.05) is 24.3 Å². The van der Waals surface area contributed by atoms with Crippen LogP contribution < -0.4 is 15.4 Å². The number of urea groups is 1. The molecule has 1 aliphatic carbocycles. The summed E-state index contributed by atoms with van der Waals surface area (Å²) in [5, 5.41) is 5.67. The maximum absolute atomic E-state index is 11.9. The first-order valence-corrected chi connectivity index (χ1v) is 8.80. The highest BCUT2D eigenvalue weighted by Gasteiger charge is 2.11. The molecular formula is C19H22N4O3. The van der Waals surface area contributed by atoms with E-state index in [2.05, 4.69) is 26.7 Å². The lowest BCUT2D eigenvalue weighted by molar-refractivity contribution is -0.122. The number of imide groups is 1. The molecule has 2 aromatic rings. The van der Waals surface area contributed by atoms with Crippen molar-refractivity contribution in [1.82, 2.24) is 20.6 Å². The van der Waals surface area contributed by atoms with Crippen LogP contribution in [0.25, 0.3) is 10.9 Å². The molecule has 2 N–H and O–H groups in total. The summed E-state index contributed by atoms with van der Waals surface area (Å²) in [7, 11) is 0. The van der Waals surface area contributed by atoms with Gasteiger partial charge in [-0.15, -0.1) is 0 Å². The molecule has 1 aromatic carbocycles. The summed E-state index contributed by atoms with van der Waals surface area (Å²) in [5.41, 5.74) is 2.11. The second kappa shape index (κ2) is 8.94. The van der Waals surface area contributed by atoms with Crippen molar-refractivity contribution >= 4 is 22.8 Å². The smallest absolute Gasteiger partial charge is 0.321 e. The molecule has 0 unspecified atom stereocenters. The van der Waals surface area contributed by atoms with Crippen LogP contribution in [-0.2, 0) is 4.79 Å². The molecule has 1 heterocycles. The molecule has 136 valence electrons. The number of fused-ring (bicyclic) bond motifs is 1. The summed E-state index contributed by atoms with van der Waals surface area (Å²) >= 11 is 0. The zero-order valence-electron chi connectivity index (χ0n) is 14.5. The van der Waals surface area contributed by atoms with E-state index in [-0.39, 0.29) is 6.61 Å². The van der Waals surface area contributed by atoms with Gasteiger partial charge in [0, 0.05) is 6.54 Å². The van der Waals surface area contributed by atoms with Gasteiger partial charge in [0.2, 0.25) is 5.88 Å². The van der Waals surface area contributed by atoms with Crippen molar-refractivity contribution in [2.24, 2.45) is 0 Å². The minimum Gasteiger partial charge on any atom is -0.467 e. The van der Waals surface area contributed by atoms with E-state index in [1.54, 1.807) is 0 Å². The van der Waals surface area contributed by atoms with E-state index >= 15 is 0 Å². The van der Waals surface area contributed by atoms with Gasteiger partial charge in [0.05, 0.1) is 10.9 Å². The van der Waals surface area contributed by atoms with Crippen molar-refractivity contribution in [1.29, 1.82) is 0 Å². The molecule has 0 atom stereocenters. The SMILES string of the molecule is O=C(COc1ncnc2ccccc12)NC(=O)NCCC1=CCCCC1. The zero-order chi connectivity index (χ0) is 18.2. The molecule has 0 aliphatic heterocycles. The molecule has 3 rings (SSSR count). The Labute approximate surface area is 151 Å². The van der Waals surface area contributed by atoms with E-state index in [1.165, 1.54) is 24.7 Å². The molecule has 0 saturated carbocycles. The third-order valence-electron chi connectivity index (χ3n) is 4.22. The first kappa shape index (κ1) is 17.8. The Morgan fingerprint density at radius 3 is 2.88 bits per heavy atom. The minimum atomic E-state index is -0.526. The number of benzene rings is 1. The number of allylic oxidation sites excluding steroid dienone is 1. The number of carbonyl (C=O) groups excluding carboxylic acids is 2. The quantitative estimate of drug-likeness (QED) is 0.778. The van der Waals surface area contributed by atoms with Gasteiger partial charge < -0.3 is 10.1 Å². The Hall–Kier alpha value is -2.96. The average Bonchev–Trinajstić information content (AvgIpc) is 2.67. The highest BCUT2D eigenvalue weighted by atomic mass is 16.5. The fourth-order valence-electron chi connectivity index (χ4n) is 2.90. The van der Waals surface area contributed by atoms with E-state index in [0.717, 1.165) is 24.8 Å². The van der Waals surface area contributed by atoms with Crippen LogP contribution in [0.3, 0.4) is 0 Å². The van der Waals surface area contributed by atoms with Crippen LogP contribution in [0.4, 0.5) is 4.79 Å². The van der Waals surface area contributed by atoms with Crippen molar-refractivity contribution < 1.29 is 14.3 Å². The fourth-order valence-corrected chi connectivity index (χ4v) is 2.90. The summed E-state index contributed by atoms with van der Waals surface area (Å²) < 4.78 is 5.43. The molecule has 0 fully saturated rings. The molecule has 1 aliphatic rings. The lowest BCUT2D eigenvalue weighted by Crippen LogP contribution is -2.42. The van der Waals surface area contributed by atoms with Crippen LogP contribution in [0.1, 0.15) is 32.1 Å². The van der Waals surface area contributed by atoms with Gasteiger partial charge in [0.15, 0.2) is 6.61 Å². The van der Waals surface area contributed by atoms with E-state index < -0.39 is 11.9 Å². The largest absolute Gasteiger partial charge is 0.467 e. The first-order chi connectivity index (χ1) is 12.7. The number of hydrogen-bond donors (Lipinski definition) is 2. The Bertz CT molecular complexity index is 814. The molecular weight excluding hydrogens is 332 g/mol. The number of para-hydroxylation sites is 1. The van der Waals surface area contributed by atoms with Gasteiger partial charge in [-0.2, -0.15) is 0 Å². The van der Waals surface area contributed by atoms with Gasteiger partial charge >= 0.3 is 6.03 Å². The number of rotatable bonds is 6. The topological polar surface area (TPSA) is 93.2 Å². The summed E-state index contributed by atoms with van der Waals surface area (Å²) in [6.07, 6.45) is 9.12. The maximum atomic E-state index is 11.9. The second-order valence-electron chi connectivity index (χ2n) is 6.15. The normalized spacial score (nSPS) is 13.8. The Morgan fingerprint density at radius 2 is 2.04 bits per heavy atom. The van der Waals surface area contributed by atoms with Crippen molar-refractivity contribution in [2.75, 3.05) is 13.2 Å². The van der Waals surface area contributed by atoms with Crippen LogP contribution in [0, 0.1) is 0 Å². The second-order valence-corrected chi connectivity index (χ2v) is 6.15. The van der Waals surface area contributed by atoms with Crippen molar-refractivity contribution in [2.45, 2.75) is 32.1 Å². The van der Waals surface area contributed by atoms with E-state index in [4.69, 9.17) is 4.74 Å². The third kappa shape index (κ3) is 5.02. The fraction of sp³-hybridized carbons (Fsp3) is 0.368. The number of nitrogens with one attached hydrogen (secondary N) is 2. The number of carbonyl (C=O) groups is 2. The molecule has 0 spiro atoms. The molecule has 0 saturated heterocycles. The summed E-state index contributed by atoms with van der Waals surface area (Å²) in [4.78, 5) is 31.8. The lowest BCUT2D eigenvalue weighted by atomic mass is 9.97. The highest BCUT2D eigenvalue weighted by molar-refractivity contribution is 5.95. The molecule has 3 amide bonds. The molecule has 0 radical (unpaired) electrons. The number of hydrogen-bond acceptors (Lipinski definition) is 5. The summed E-state index contributed by atoms with van der Waals surface area (Å²) in [6, 6.07) is 6.84. The summed E-state index contributed by atoms with van der Waals surface area (Å²) in [5.74, 6) is -0.211. The zero-order valence-corrected chi connectivity index (χ0v) is 14.5. The third-order valence-corrected chi connectivity index (χ3v) is 4.22. The van der Waals surface area contributed by atoms with Crippen LogP contribution in [-0.4, -0.2) is 35.1 Å². The number of ether oxygens (including phenoxy) is 1. The molecule has 7 heteroatoms. The van der Waals surface area contributed by atoms with Gasteiger partial charge in [-0.05, 0) is 44.2 Å². The monoisotopic (exact) mass is 354 g/mol. The number of aromatic nitrogens is 2. The maximum Gasteiger partial charge on any atom is 0.321 e. The average molecular weight is 354 g/mol. The van der Waals surface area contributed by atoms with Gasteiger partial charge in [-0.3, -0.25) is 10.1 Å². The van der Waals surface area contributed by atoms with Crippen LogP contribution in [0.15, 0.2) is 42.2 Å². The van der Waals surface area contributed by atoms with Crippen LogP contribution >= 0.6 is 0 Å². The standard InChI is InChI=1S/C19H22N4O3/c24-17(23-19(25)20-11-10-14-6-2-1-3-7-14)12-26-18-15-8-4-5-9-16(15)21-13-22-18/h4-6,8-9,13H,1-3,7,10-12H2,(H2,20,23,24,25). The Kier molecular flexibility index (Phi) is 6.14. The highest BCUT2D eigenvalue weighted by Crippen LogP contribution is 2.20. The van der Waals surface area contributed by atoms with Crippen molar-refractivity contribution in [3.63, 3.8) is 0 Å². The molecule has 1 aromatic heterocycles. The van der Waals surface area contributed by atoms with Crippen molar-refractivity contribution in [3.05, 3.63) is 42.2 Å². The van der Waals surface area contributed by atoms with E-state index in [0.29, 0.717) is 17.8 Å². The van der Waals surface area contributed by atoms with Crippen molar-refractivity contribution in [3.8, 4) is 5.88 Å². The predicted octanol–water partition coefficient (Wildman–Crippen LogP) is 2.72. The lowest BCUT2D eigenvalue weighted by Gasteiger charge is -2.13. The van der Waals surface area contributed by atoms with E-state index in [9.17, 15) is 9.59 Å². The molecule has 7 nitrogen and oxygen atoms in total. The molecule has 26 heavy (non-hydrogen) atoms. The Balaban J connectivity index is 1.42. The van der Waals surface area contributed by atoms with Gasteiger partial charge in [-0.1, -0.05) is 23.8 Å². The predicted molar refractivity (Wildman–Crippen MR) is 97.7 cm³/mol. The van der Waals surface area contributed by atoms with Crippen LogP contribution in [0.2, 0.25) is 0 Å². The minimum absolute atomic E-state index is 0.292. The Morgan fingerprint density at radius 1 is 1.15 bits per heavy atom. The number of nitrogens with zero attached hydrogens (tertiary/aromatic N) is 2. The molecule has 0 bridgehead atoms. The summed E-state index contributed by atoms with van der Waals surface area (Å²) in [6.45, 7) is 0.224.